The van der Waals surface area contributed by atoms with Gasteiger partial charge in [-0.15, -0.1) is 0 Å². The topological polar surface area (TPSA) is 120 Å². The molecule has 2 aromatic heterocycles. The summed E-state index contributed by atoms with van der Waals surface area (Å²) in [7, 11) is 1.86. The number of ether oxygens (including phenoxy) is 1. The monoisotopic (exact) mass is 548 g/mol. The van der Waals surface area contributed by atoms with Gasteiger partial charge < -0.3 is 31.0 Å². The van der Waals surface area contributed by atoms with E-state index in [1.54, 1.807) is 0 Å². The van der Waals surface area contributed by atoms with Gasteiger partial charge in [0.15, 0.2) is 0 Å². The highest BCUT2D eigenvalue weighted by Crippen LogP contribution is 2.50. The molecule has 2 saturated carbocycles. The van der Waals surface area contributed by atoms with E-state index in [2.05, 4.69) is 43.5 Å². The van der Waals surface area contributed by atoms with Crippen molar-refractivity contribution < 1.29 is 9.53 Å². The van der Waals surface area contributed by atoms with Gasteiger partial charge in [0.2, 0.25) is 0 Å². The predicted molar refractivity (Wildman–Crippen MR) is 156 cm³/mol. The maximum Gasteiger partial charge on any atom is 0.250 e. The zero-order valence-corrected chi connectivity index (χ0v) is 24.2. The first-order chi connectivity index (χ1) is 19.4. The van der Waals surface area contributed by atoms with Crippen molar-refractivity contribution in [2.45, 2.75) is 84.0 Å². The van der Waals surface area contributed by atoms with E-state index < -0.39 is 0 Å². The van der Waals surface area contributed by atoms with E-state index in [1.165, 1.54) is 36.7 Å². The van der Waals surface area contributed by atoms with Crippen LogP contribution in [-0.4, -0.2) is 72.3 Å². The summed E-state index contributed by atoms with van der Waals surface area (Å²) in [5, 5.41) is 22.9. The van der Waals surface area contributed by atoms with Crippen LogP contribution in [0, 0.1) is 30.6 Å². The number of aryl methyl sites for hydroxylation is 2. The van der Waals surface area contributed by atoms with Gasteiger partial charge in [-0.3, -0.25) is 9.48 Å². The van der Waals surface area contributed by atoms with Crippen LogP contribution < -0.4 is 20.9 Å². The molecule has 4 N–H and O–H groups in total. The molecule has 10 heteroatoms. The van der Waals surface area contributed by atoms with E-state index in [1.807, 2.05) is 14.0 Å². The van der Waals surface area contributed by atoms with Crippen LogP contribution in [0.2, 0.25) is 0 Å². The number of aromatic nitrogens is 3. The Bertz CT molecular complexity index is 1270. The number of pyridine rings is 1. The molecule has 4 unspecified atom stereocenters. The molecule has 40 heavy (non-hydrogen) atoms. The van der Waals surface area contributed by atoms with Gasteiger partial charge in [0.1, 0.15) is 11.9 Å². The number of rotatable bonds is 7. The second-order valence-corrected chi connectivity index (χ2v) is 12.4. The van der Waals surface area contributed by atoms with Crippen LogP contribution in [0.25, 0.3) is 0 Å². The van der Waals surface area contributed by atoms with Gasteiger partial charge in [-0.25, -0.2) is 4.98 Å². The molecule has 1 saturated heterocycles. The van der Waals surface area contributed by atoms with E-state index >= 15 is 0 Å². The van der Waals surface area contributed by atoms with Crippen molar-refractivity contribution in [3.8, 4) is 0 Å². The molecule has 10 nitrogen and oxygen atoms in total. The number of carbonyl (C=O) groups excluding carboxylic acids is 1. The zero-order valence-electron chi connectivity index (χ0n) is 24.2. The Kier molecular flexibility index (Phi) is 7.56. The fourth-order valence-electron chi connectivity index (χ4n) is 7.77. The molecule has 4 aliphatic rings. The van der Waals surface area contributed by atoms with Gasteiger partial charge in [0.05, 0.1) is 23.6 Å². The first kappa shape index (κ1) is 27.2. The zero-order chi connectivity index (χ0) is 27.9. The maximum atomic E-state index is 12.9. The van der Waals surface area contributed by atoms with Crippen molar-refractivity contribution in [3.05, 3.63) is 34.3 Å². The van der Waals surface area contributed by atoms with Crippen LogP contribution in [0.1, 0.15) is 66.7 Å². The second-order valence-electron chi connectivity index (χ2n) is 12.4. The van der Waals surface area contributed by atoms with E-state index in [4.69, 9.17) is 15.2 Å². The third kappa shape index (κ3) is 5.11. The van der Waals surface area contributed by atoms with Crippen LogP contribution in [0.15, 0.2) is 6.07 Å². The number of amides is 1. The number of fused-ring (bicyclic) bond motifs is 3. The standard InChI is InChI=1S/C30H44N8O2/c1-19-13-26(22(15-31)28(32-3)34-19)37-11-7-25-23(17-37)20(2)36-38(25)18-30-8-4-5-21(14-30)24(6-9-30)35-29(39)27-16-33-10-12-40-27/h13,15,21,24,27,31,33H,4-12,14,16-18H2,1-3H3,(H,32,34)(H,35,39). The largest absolute Gasteiger partial charge is 0.373 e. The molecule has 1 amide bonds. The number of anilines is 2. The summed E-state index contributed by atoms with van der Waals surface area (Å²) < 4.78 is 8.03. The molecule has 2 bridgehead atoms. The molecule has 2 aromatic rings. The molecule has 4 atom stereocenters. The quantitative estimate of drug-likeness (QED) is 0.393. The first-order valence-electron chi connectivity index (χ1n) is 15.0. The van der Waals surface area contributed by atoms with Gasteiger partial charge >= 0.3 is 0 Å². The lowest BCUT2D eigenvalue weighted by Gasteiger charge is -2.49. The van der Waals surface area contributed by atoms with Crippen LogP contribution in [0.3, 0.4) is 0 Å². The smallest absolute Gasteiger partial charge is 0.250 e. The predicted octanol–water partition coefficient (Wildman–Crippen LogP) is 2.94. The highest BCUT2D eigenvalue weighted by molar-refractivity contribution is 5.92. The van der Waals surface area contributed by atoms with Crippen LogP contribution in [0.4, 0.5) is 11.5 Å². The third-order valence-corrected chi connectivity index (χ3v) is 9.79. The molecule has 2 aliphatic heterocycles. The average molecular weight is 549 g/mol. The summed E-state index contributed by atoms with van der Waals surface area (Å²) in [5.41, 5.74) is 6.92. The Balaban J connectivity index is 1.16. The van der Waals surface area contributed by atoms with Gasteiger partial charge in [0, 0.05) is 75.4 Å². The van der Waals surface area contributed by atoms with Crippen LogP contribution in [-0.2, 0) is 29.0 Å². The molecule has 0 radical (unpaired) electrons. The summed E-state index contributed by atoms with van der Waals surface area (Å²) in [5.74, 6) is 1.33. The fraction of sp³-hybridized carbons (Fsp3) is 0.667. The molecule has 0 aromatic carbocycles. The Labute approximate surface area is 237 Å². The summed E-state index contributed by atoms with van der Waals surface area (Å²) in [6.45, 7) is 8.85. The lowest BCUT2D eigenvalue weighted by Crippen LogP contribution is -2.54. The number of morpholine rings is 1. The Morgan fingerprint density at radius 1 is 1.32 bits per heavy atom. The molecule has 3 fully saturated rings. The Morgan fingerprint density at radius 2 is 2.20 bits per heavy atom. The van der Waals surface area contributed by atoms with Crippen LogP contribution >= 0.6 is 0 Å². The summed E-state index contributed by atoms with van der Waals surface area (Å²) in [6, 6.07) is 2.35. The molecule has 0 spiro atoms. The van der Waals surface area contributed by atoms with Gasteiger partial charge in [-0.2, -0.15) is 5.10 Å². The van der Waals surface area contributed by atoms with Crippen molar-refractivity contribution >= 4 is 23.6 Å². The maximum absolute atomic E-state index is 12.9. The minimum absolute atomic E-state index is 0.0500. The molecular weight excluding hydrogens is 504 g/mol. The second kappa shape index (κ2) is 11.1. The highest BCUT2D eigenvalue weighted by atomic mass is 16.5. The number of carbonyl (C=O) groups is 1. The molecular formula is C30H44N8O2. The van der Waals surface area contributed by atoms with Gasteiger partial charge in [0.25, 0.3) is 5.91 Å². The minimum Gasteiger partial charge on any atom is -0.373 e. The Hall–Kier alpha value is -2.98. The summed E-state index contributed by atoms with van der Waals surface area (Å²) >= 11 is 0. The minimum atomic E-state index is -0.363. The lowest BCUT2D eigenvalue weighted by atomic mass is 9.60. The van der Waals surface area contributed by atoms with Crippen molar-refractivity contribution in [2.75, 3.05) is 43.5 Å². The molecule has 2 aliphatic carbocycles. The molecule has 4 heterocycles. The number of hydrogen-bond donors (Lipinski definition) is 4. The molecule has 216 valence electrons. The SMILES string of the molecule is CNc1nc(C)cc(N2CCc3c(c(C)nn3CC34CCCC(C3)C(NC(=O)C3CNCCO3)CC4)C2)c1C=N. The van der Waals surface area contributed by atoms with E-state index in [-0.39, 0.29) is 23.5 Å². The van der Waals surface area contributed by atoms with E-state index in [0.29, 0.717) is 19.1 Å². The average Bonchev–Trinajstić information content (AvgIpc) is 3.28. The highest BCUT2D eigenvalue weighted by Gasteiger charge is 2.45. The number of hydrogen-bond acceptors (Lipinski definition) is 8. The summed E-state index contributed by atoms with van der Waals surface area (Å²) in [4.78, 5) is 19.8. The van der Waals surface area contributed by atoms with E-state index in [9.17, 15) is 4.79 Å². The number of nitrogens with one attached hydrogen (secondary N) is 4. The van der Waals surface area contributed by atoms with Gasteiger partial charge in [-0.1, -0.05) is 6.42 Å². The fourth-order valence-corrected chi connectivity index (χ4v) is 7.77. The lowest BCUT2D eigenvalue weighted by molar-refractivity contribution is -0.136. The van der Waals surface area contributed by atoms with Crippen molar-refractivity contribution in [3.63, 3.8) is 0 Å². The number of nitrogens with zero attached hydrogens (tertiary/aromatic N) is 4. The van der Waals surface area contributed by atoms with Crippen molar-refractivity contribution in [1.82, 2.24) is 25.4 Å². The molecule has 6 rings (SSSR count). The van der Waals surface area contributed by atoms with Gasteiger partial charge in [-0.05, 0) is 63.4 Å². The van der Waals surface area contributed by atoms with Crippen molar-refractivity contribution in [2.24, 2.45) is 11.3 Å². The summed E-state index contributed by atoms with van der Waals surface area (Å²) in [6.07, 6.45) is 8.97. The normalized spacial score (nSPS) is 28.1. The Morgan fingerprint density at radius 3 is 2.98 bits per heavy atom. The third-order valence-electron chi connectivity index (χ3n) is 9.79. The van der Waals surface area contributed by atoms with E-state index in [0.717, 1.165) is 80.3 Å². The van der Waals surface area contributed by atoms with Crippen LogP contribution in [0.5, 0.6) is 0 Å². The van der Waals surface area contributed by atoms with Crippen molar-refractivity contribution in [1.29, 1.82) is 5.41 Å². The first-order valence-corrected chi connectivity index (χ1v) is 15.0.